The van der Waals surface area contributed by atoms with E-state index in [2.05, 4.69) is 9.02 Å². The Morgan fingerprint density at radius 3 is 2.23 bits per heavy atom. The van der Waals surface area contributed by atoms with Crippen LogP contribution in [0.1, 0.15) is 62.5 Å². The van der Waals surface area contributed by atoms with Gasteiger partial charge in [-0.2, -0.15) is 17.2 Å². The predicted molar refractivity (Wildman–Crippen MR) is 119 cm³/mol. The molecule has 2 fully saturated rings. The van der Waals surface area contributed by atoms with Crippen molar-refractivity contribution in [2.75, 3.05) is 6.61 Å². The largest absolute Gasteiger partial charge is 0.467 e. The molecular weight excluding hydrogens is 484 g/mol. The number of carbonyl (C=O) groups is 3. The molecule has 1 aromatic carbocycles. The molecule has 35 heavy (non-hydrogen) atoms. The molecular formula is C24H29F2NO7S. The first-order chi connectivity index (χ1) is 16.6. The van der Waals surface area contributed by atoms with E-state index in [0.717, 1.165) is 37.7 Å². The smallest absolute Gasteiger partial charge is 0.460 e. The number of carbonyl (C=O) groups excluding carboxylic acids is 3. The van der Waals surface area contributed by atoms with Crippen molar-refractivity contribution in [3.8, 4) is 0 Å². The van der Waals surface area contributed by atoms with E-state index in [4.69, 9.17) is 0 Å². The third-order valence-electron chi connectivity index (χ3n) is 7.28. The zero-order valence-electron chi connectivity index (χ0n) is 19.3. The molecule has 0 spiro atoms. The normalized spacial score (nSPS) is 22.7. The second-order valence-corrected chi connectivity index (χ2v) is 11.2. The fraction of sp³-hybridized carbons (Fsp3) is 0.625. The molecule has 0 bridgehead atoms. The third-order valence-corrected chi connectivity index (χ3v) is 8.42. The van der Waals surface area contributed by atoms with E-state index in [9.17, 15) is 31.6 Å². The van der Waals surface area contributed by atoms with E-state index in [1.807, 2.05) is 24.3 Å². The van der Waals surface area contributed by atoms with E-state index in [-0.39, 0.29) is 42.3 Å². The molecule has 2 amide bonds. The highest BCUT2D eigenvalue weighted by Gasteiger charge is 2.58. The predicted octanol–water partition coefficient (Wildman–Crippen LogP) is 3.53. The van der Waals surface area contributed by atoms with Crippen LogP contribution in [0.2, 0.25) is 0 Å². The number of esters is 1. The molecule has 192 valence electrons. The van der Waals surface area contributed by atoms with Crippen LogP contribution in [0, 0.1) is 17.8 Å². The van der Waals surface area contributed by atoms with Gasteiger partial charge in [0.2, 0.25) is 0 Å². The molecule has 1 aliphatic heterocycles. The number of alkyl halides is 2. The summed E-state index contributed by atoms with van der Waals surface area (Å²) in [5.41, 5.74) is 2.35. The standard InChI is InChI=1S/C24H29F2NO7S/c25-24(26,23(30)33-15-16-6-2-1-3-7-16)35(31,32)34-27-21(28)13-20(14-22(27)29)19-11-10-17-8-4-5-9-18(17)12-19/h4-5,8-9,16,19-20H,1-3,6-7,10-15H2. The first kappa shape index (κ1) is 25.7. The van der Waals surface area contributed by atoms with Crippen molar-refractivity contribution in [3.63, 3.8) is 0 Å². The van der Waals surface area contributed by atoms with Crippen LogP contribution in [0.4, 0.5) is 8.78 Å². The summed E-state index contributed by atoms with van der Waals surface area (Å²) in [7, 11) is -5.98. The molecule has 2 aliphatic carbocycles. The van der Waals surface area contributed by atoms with Crippen molar-refractivity contribution < 1.29 is 40.6 Å². The lowest BCUT2D eigenvalue weighted by molar-refractivity contribution is -0.182. The molecule has 0 N–H and O–H groups in total. The Morgan fingerprint density at radius 1 is 0.943 bits per heavy atom. The van der Waals surface area contributed by atoms with Crippen LogP contribution in [0.3, 0.4) is 0 Å². The van der Waals surface area contributed by atoms with Crippen molar-refractivity contribution in [1.29, 1.82) is 0 Å². The molecule has 11 heteroatoms. The van der Waals surface area contributed by atoms with E-state index in [1.54, 1.807) is 0 Å². The molecule has 1 aromatic rings. The van der Waals surface area contributed by atoms with Gasteiger partial charge < -0.3 is 4.74 Å². The second-order valence-electron chi connectivity index (χ2n) is 9.67. The topological polar surface area (TPSA) is 107 Å². The fourth-order valence-corrected chi connectivity index (χ4v) is 5.97. The maximum atomic E-state index is 14.4. The van der Waals surface area contributed by atoms with Crippen molar-refractivity contribution in [3.05, 3.63) is 35.4 Å². The number of halogens is 2. The van der Waals surface area contributed by atoms with Gasteiger partial charge in [-0.05, 0) is 61.0 Å². The molecule has 1 saturated carbocycles. The van der Waals surface area contributed by atoms with Gasteiger partial charge in [0.25, 0.3) is 11.8 Å². The van der Waals surface area contributed by atoms with E-state index >= 15 is 0 Å². The fourth-order valence-electron chi connectivity index (χ4n) is 5.25. The Kier molecular flexibility index (Phi) is 7.56. The number of nitrogens with zero attached hydrogens (tertiary/aromatic N) is 1. The van der Waals surface area contributed by atoms with Gasteiger partial charge >= 0.3 is 21.3 Å². The highest BCUT2D eigenvalue weighted by atomic mass is 32.2. The van der Waals surface area contributed by atoms with Crippen LogP contribution in [0.15, 0.2) is 24.3 Å². The van der Waals surface area contributed by atoms with Crippen molar-refractivity contribution in [2.24, 2.45) is 17.8 Å². The maximum absolute atomic E-state index is 14.4. The minimum absolute atomic E-state index is 0.0211. The molecule has 0 radical (unpaired) electrons. The van der Waals surface area contributed by atoms with Gasteiger partial charge in [0, 0.05) is 12.8 Å². The van der Waals surface area contributed by atoms with Crippen molar-refractivity contribution in [1.82, 2.24) is 5.06 Å². The van der Waals surface area contributed by atoms with Gasteiger partial charge in [-0.1, -0.05) is 43.5 Å². The average molecular weight is 514 g/mol. The molecule has 3 aliphatic rings. The monoisotopic (exact) mass is 513 g/mol. The van der Waals surface area contributed by atoms with Gasteiger partial charge in [-0.25, -0.2) is 4.79 Å². The molecule has 8 nitrogen and oxygen atoms in total. The molecule has 1 unspecified atom stereocenters. The van der Waals surface area contributed by atoms with Gasteiger partial charge in [-0.15, -0.1) is 9.35 Å². The molecule has 0 aromatic heterocycles. The number of imide groups is 1. The quantitative estimate of drug-likeness (QED) is 0.406. The summed E-state index contributed by atoms with van der Waals surface area (Å²) in [5, 5.41) is -5.21. The summed E-state index contributed by atoms with van der Waals surface area (Å²) in [6.07, 6.45) is 5.97. The first-order valence-corrected chi connectivity index (χ1v) is 13.4. The van der Waals surface area contributed by atoms with Gasteiger partial charge in [0.1, 0.15) is 0 Å². The number of fused-ring (bicyclic) bond motifs is 1. The Bertz CT molecular complexity index is 1070. The number of benzene rings is 1. The summed E-state index contributed by atoms with van der Waals surface area (Å²) >= 11 is 0. The lowest BCUT2D eigenvalue weighted by Crippen LogP contribution is -2.50. The Hall–Kier alpha value is -2.40. The van der Waals surface area contributed by atoms with Crippen LogP contribution >= 0.6 is 0 Å². The average Bonchev–Trinajstić information content (AvgIpc) is 2.84. The van der Waals surface area contributed by atoms with Crippen molar-refractivity contribution >= 4 is 27.9 Å². The first-order valence-electron chi connectivity index (χ1n) is 12.0. The summed E-state index contributed by atoms with van der Waals surface area (Å²) in [4.78, 5) is 37.0. The van der Waals surface area contributed by atoms with Crippen LogP contribution < -0.4 is 0 Å². The summed E-state index contributed by atoms with van der Waals surface area (Å²) in [5.74, 6) is -4.78. The molecule has 1 heterocycles. The highest BCUT2D eigenvalue weighted by Crippen LogP contribution is 2.37. The van der Waals surface area contributed by atoms with E-state index < -0.39 is 33.2 Å². The number of rotatable bonds is 7. The SMILES string of the molecule is O=C1CC(C2CCc3ccccc3C2)CC(=O)N1OS(=O)(=O)C(F)(F)C(=O)OCC1CCCCC1. The lowest BCUT2D eigenvalue weighted by atomic mass is 9.73. The second kappa shape index (κ2) is 10.3. The van der Waals surface area contributed by atoms with E-state index in [1.165, 1.54) is 5.56 Å². The number of piperidine rings is 1. The third kappa shape index (κ3) is 5.55. The summed E-state index contributed by atoms with van der Waals surface area (Å²) in [6, 6.07) is 7.89. The molecule has 1 atom stereocenters. The van der Waals surface area contributed by atoms with Gasteiger partial charge in [-0.3, -0.25) is 9.59 Å². The van der Waals surface area contributed by atoms with Crippen LogP contribution in [-0.2, 0) is 46.4 Å². The van der Waals surface area contributed by atoms with Crippen LogP contribution in [-0.4, -0.2) is 43.1 Å². The number of hydrogen-bond donors (Lipinski definition) is 0. The minimum Gasteiger partial charge on any atom is -0.460 e. The van der Waals surface area contributed by atoms with E-state index in [0.29, 0.717) is 19.3 Å². The van der Waals surface area contributed by atoms with Crippen LogP contribution in [0.25, 0.3) is 0 Å². The van der Waals surface area contributed by atoms with Gasteiger partial charge in [0.15, 0.2) is 0 Å². The lowest BCUT2D eigenvalue weighted by Gasteiger charge is -2.35. The zero-order valence-corrected chi connectivity index (χ0v) is 20.1. The number of amides is 2. The Labute approximate surface area is 203 Å². The maximum Gasteiger partial charge on any atom is 0.467 e. The number of hydrogen-bond acceptors (Lipinski definition) is 7. The highest BCUT2D eigenvalue weighted by molar-refractivity contribution is 7.88. The zero-order chi connectivity index (χ0) is 25.2. The Balaban J connectivity index is 1.36. The minimum atomic E-state index is -5.98. The summed E-state index contributed by atoms with van der Waals surface area (Å²) in [6.45, 7) is -0.322. The number of aryl methyl sites for hydroxylation is 1. The number of ether oxygens (including phenoxy) is 1. The Morgan fingerprint density at radius 2 is 1.57 bits per heavy atom. The van der Waals surface area contributed by atoms with Gasteiger partial charge in [0.05, 0.1) is 6.61 Å². The summed E-state index contributed by atoms with van der Waals surface area (Å²) < 4.78 is 62.1. The molecule has 1 saturated heterocycles. The molecule has 4 rings (SSSR count). The van der Waals surface area contributed by atoms with Crippen LogP contribution in [0.5, 0.6) is 0 Å². The van der Waals surface area contributed by atoms with Crippen molar-refractivity contribution in [2.45, 2.75) is 69.5 Å². The number of hydroxylamine groups is 2.